The Morgan fingerprint density at radius 3 is 2.35 bits per heavy atom. The molecular formula is C18H16O2. The Morgan fingerprint density at radius 2 is 1.55 bits per heavy atom. The van der Waals surface area contributed by atoms with Gasteiger partial charge in [-0.2, -0.15) is 0 Å². The monoisotopic (exact) mass is 264 g/mol. The minimum absolute atomic E-state index is 0.281. The summed E-state index contributed by atoms with van der Waals surface area (Å²) in [4.78, 5) is 0. The summed E-state index contributed by atoms with van der Waals surface area (Å²) in [6.07, 6.45) is 0. The number of phenolic OH excluding ortho intramolecular Hbond substituents is 1. The lowest BCUT2D eigenvalue weighted by Crippen LogP contribution is -1.98. The van der Waals surface area contributed by atoms with Gasteiger partial charge in [-0.05, 0) is 30.2 Å². The van der Waals surface area contributed by atoms with Crippen LogP contribution in [0, 0.1) is 6.92 Å². The second-order valence-electron chi connectivity index (χ2n) is 4.84. The Morgan fingerprint density at radius 1 is 0.850 bits per heavy atom. The van der Waals surface area contributed by atoms with Gasteiger partial charge in [0.25, 0.3) is 0 Å². The van der Waals surface area contributed by atoms with Crippen LogP contribution in [-0.2, 0) is 6.61 Å². The van der Waals surface area contributed by atoms with E-state index in [1.807, 2.05) is 42.5 Å². The van der Waals surface area contributed by atoms with E-state index in [4.69, 9.17) is 4.74 Å². The fraction of sp³-hybridized carbons (Fsp3) is 0.111. The molecule has 0 unspecified atom stereocenters. The van der Waals surface area contributed by atoms with Crippen molar-refractivity contribution >= 4 is 10.8 Å². The third-order valence-corrected chi connectivity index (χ3v) is 3.51. The van der Waals surface area contributed by atoms with Crippen LogP contribution in [0.3, 0.4) is 0 Å². The van der Waals surface area contributed by atoms with Gasteiger partial charge in [-0.1, -0.05) is 48.5 Å². The molecule has 20 heavy (non-hydrogen) atoms. The highest BCUT2D eigenvalue weighted by Crippen LogP contribution is 2.32. The van der Waals surface area contributed by atoms with Gasteiger partial charge in [-0.15, -0.1) is 0 Å². The second-order valence-corrected chi connectivity index (χ2v) is 4.84. The molecular weight excluding hydrogens is 248 g/mol. The number of benzene rings is 3. The molecule has 0 atom stereocenters. The molecule has 0 spiro atoms. The largest absolute Gasteiger partial charge is 0.507 e. The average Bonchev–Trinajstić information content (AvgIpc) is 2.48. The molecule has 1 N–H and O–H groups in total. The summed E-state index contributed by atoms with van der Waals surface area (Å²) in [5.41, 5.74) is 2.39. The van der Waals surface area contributed by atoms with Gasteiger partial charge < -0.3 is 9.84 Å². The van der Waals surface area contributed by atoms with Gasteiger partial charge in [0.05, 0.1) is 0 Å². The van der Waals surface area contributed by atoms with Crippen LogP contribution in [0.25, 0.3) is 10.8 Å². The summed E-state index contributed by atoms with van der Waals surface area (Å²) in [6.45, 7) is 2.61. The van der Waals surface area contributed by atoms with E-state index >= 15 is 0 Å². The first-order valence-electron chi connectivity index (χ1n) is 6.64. The SMILES string of the molecule is Cc1ccccc1COc1ccc(O)c2ccccc12. The van der Waals surface area contributed by atoms with E-state index in [0.717, 1.165) is 16.5 Å². The van der Waals surface area contributed by atoms with Crippen LogP contribution in [0.15, 0.2) is 60.7 Å². The summed E-state index contributed by atoms with van der Waals surface area (Å²) in [5.74, 6) is 1.07. The van der Waals surface area contributed by atoms with Crippen molar-refractivity contribution in [2.45, 2.75) is 13.5 Å². The first-order valence-corrected chi connectivity index (χ1v) is 6.64. The number of aryl methyl sites for hydroxylation is 1. The molecule has 0 aliphatic carbocycles. The van der Waals surface area contributed by atoms with Crippen LogP contribution in [0.4, 0.5) is 0 Å². The predicted octanol–water partition coefficient (Wildman–Crippen LogP) is 4.43. The summed E-state index contributed by atoms with van der Waals surface area (Å²) in [5, 5.41) is 11.6. The van der Waals surface area contributed by atoms with Crippen LogP contribution in [0.1, 0.15) is 11.1 Å². The van der Waals surface area contributed by atoms with Gasteiger partial charge in [0.1, 0.15) is 18.1 Å². The molecule has 0 aliphatic heterocycles. The highest BCUT2D eigenvalue weighted by Gasteiger charge is 2.06. The normalized spacial score (nSPS) is 10.7. The van der Waals surface area contributed by atoms with Gasteiger partial charge in [0.2, 0.25) is 0 Å². The van der Waals surface area contributed by atoms with E-state index in [9.17, 15) is 5.11 Å². The third-order valence-electron chi connectivity index (χ3n) is 3.51. The molecule has 0 aromatic heterocycles. The van der Waals surface area contributed by atoms with Gasteiger partial charge in [0, 0.05) is 10.8 Å². The molecule has 2 nitrogen and oxygen atoms in total. The molecule has 0 aliphatic rings. The molecule has 3 rings (SSSR count). The van der Waals surface area contributed by atoms with Crippen molar-refractivity contribution in [3.63, 3.8) is 0 Å². The third kappa shape index (κ3) is 2.32. The first-order chi connectivity index (χ1) is 9.75. The molecule has 2 heteroatoms. The number of fused-ring (bicyclic) bond motifs is 1. The van der Waals surface area contributed by atoms with E-state index in [-0.39, 0.29) is 5.75 Å². The molecule has 0 fully saturated rings. The van der Waals surface area contributed by atoms with Crippen molar-refractivity contribution < 1.29 is 9.84 Å². The molecule has 0 amide bonds. The number of hydrogen-bond acceptors (Lipinski definition) is 2. The molecule has 0 heterocycles. The van der Waals surface area contributed by atoms with Crippen molar-refractivity contribution in [3.05, 3.63) is 71.8 Å². The quantitative estimate of drug-likeness (QED) is 0.758. The van der Waals surface area contributed by atoms with E-state index in [1.54, 1.807) is 6.07 Å². The van der Waals surface area contributed by atoms with Crippen molar-refractivity contribution in [1.82, 2.24) is 0 Å². The minimum atomic E-state index is 0.281. The smallest absolute Gasteiger partial charge is 0.127 e. The molecule has 3 aromatic rings. The zero-order valence-electron chi connectivity index (χ0n) is 11.3. The predicted molar refractivity (Wildman–Crippen MR) is 81.1 cm³/mol. The van der Waals surface area contributed by atoms with Gasteiger partial charge in [-0.3, -0.25) is 0 Å². The Labute approximate surface area is 118 Å². The summed E-state index contributed by atoms with van der Waals surface area (Å²) >= 11 is 0. The second kappa shape index (κ2) is 5.25. The molecule has 0 bridgehead atoms. The van der Waals surface area contributed by atoms with Gasteiger partial charge >= 0.3 is 0 Å². The maximum atomic E-state index is 9.87. The van der Waals surface area contributed by atoms with Crippen LogP contribution in [-0.4, -0.2) is 5.11 Å². The Balaban J connectivity index is 1.92. The fourth-order valence-electron chi connectivity index (χ4n) is 2.31. The Bertz CT molecular complexity index is 747. The van der Waals surface area contributed by atoms with Gasteiger partial charge in [0.15, 0.2) is 0 Å². The molecule has 100 valence electrons. The van der Waals surface area contributed by atoms with Crippen molar-refractivity contribution in [2.75, 3.05) is 0 Å². The summed E-state index contributed by atoms with van der Waals surface area (Å²) in [6, 6.07) is 19.4. The van der Waals surface area contributed by atoms with Crippen LogP contribution in [0.2, 0.25) is 0 Å². The zero-order valence-corrected chi connectivity index (χ0v) is 11.3. The summed E-state index contributed by atoms with van der Waals surface area (Å²) < 4.78 is 5.93. The van der Waals surface area contributed by atoms with E-state index in [2.05, 4.69) is 19.1 Å². The molecule has 3 aromatic carbocycles. The van der Waals surface area contributed by atoms with E-state index in [0.29, 0.717) is 6.61 Å². The van der Waals surface area contributed by atoms with Crippen LogP contribution < -0.4 is 4.74 Å². The van der Waals surface area contributed by atoms with Crippen molar-refractivity contribution in [2.24, 2.45) is 0 Å². The number of hydrogen-bond donors (Lipinski definition) is 1. The number of ether oxygens (including phenoxy) is 1. The minimum Gasteiger partial charge on any atom is -0.507 e. The zero-order chi connectivity index (χ0) is 13.9. The molecule has 0 saturated heterocycles. The molecule has 0 radical (unpaired) electrons. The highest BCUT2D eigenvalue weighted by atomic mass is 16.5. The van der Waals surface area contributed by atoms with Crippen molar-refractivity contribution in [1.29, 1.82) is 0 Å². The maximum Gasteiger partial charge on any atom is 0.127 e. The van der Waals surface area contributed by atoms with Gasteiger partial charge in [-0.25, -0.2) is 0 Å². The first kappa shape index (κ1) is 12.5. The summed E-state index contributed by atoms with van der Waals surface area (Å²) in [7, 11) is 0. The lowest BCUT2D eigenvalue weighted by molar-refractivity contribution is 0.309. The van der Waals surface area contributed by atoms with E-state index < -0.39 is 0 Å². The number of rotatable bonds is 3. The maximum absolute atomic E-state index is 9.87. The Hall–Kier alpha value is -2.48. The number of phenols is 1. The standard InChI is InChI=1S/C18H16O2/c1-13-6-2-3-7-14(13)12-20-18-11-10-17(19)15-8-4-5-9-16(15)18/h2-11,19H,12H2,1H3. The van der Waals surface area contributed by atoms with Crippen LogP contribution in [0.5, 0.6) is 11.5 Å². The van der Waals surface area contributed by atoms with Crippen LogP contribution >= 0.6 is 0 Å². The van der Waals surface area contributed by atoms with E-state index in [1.165, 1.54) is 11.1 Å². The molecule has 0 saturated carbocycles. The average molecular weight is 264 g/mol. The number of aromatic hydroxyl groups is 1. The lowest BCUT2D eigenvalue weighted by atomic mass is 10.1. The highest BCUT2D eigenvalue weighted by molar-refractivity contribution is 5.92. The van der Waals surface area contributed by atoms with Crippen molar-refractivity contribution in [3.8, 4) is 11.5 Å². The Kier molecular flexibility index (Phi) is 3.30. The topological polar surface area (TPSA) is 29.5 Å². The lowest BCUT2D eigenvalue weighted by Gasteiger charge is -2.11. The fourth-order valence-corrected chi connectivity index (χ4v) is 2.31.